The van der Waals surface area contributed by atoms with E-state index in [4.69, 9.17) is 10.5 Å². The van der Waals surface area contributed by atoms with E-state index < -0.39 is 0 Å². The average molecular weight is 424 g/mol. The molecular formula is C25H33N3O3. The summed E-state index contributed by atoms with van der Waals surface area (Å²) in [7, 11) is 1.67. The molecule has 1 aliphatic heterocycles. The molecular weight excluding hydrogens is 390 g/mol. The molecule has 166 valence electrons. The highest BCUT2D eigenvalue weighted by Gasteiger charge is 2.32. The van der Waals surface area contributed by atoms with Crippen LogP contribution in [0.2, 0.25) is 0 Å². The van der Waals surface area contributed by atoms with E-state index in [9.17, 15) is 9.59 Å². The van der Waals surface area contributed by atoms with Crippen molar-refractivity contribution in [3.8, 4) is 16.9 Å². The number of hydrogen-bond acceptors (Lipinski definition) is 4. The van der Waals surface area contributed by atoms with Gasteiger partial charge in [-0.3, -0.25) is 9.59 Å². The van der Waals surface area contributed by atoms with Crippen molar-refractivity contribution < 1.29 is 14.3 Å². The zero-order valence-electron chi connectivity index (χ0n) is 18.5. The second-order valence-electron chi connectivity index (χ2n) is 7.96. The van der Waals surface area contributed by atoms with Gasteiger partial charge in [0.15, 0.2) is 0 Å². The Labute approximate surface area is 185 Å². The zero-order valence-corrected chi connectivity index (χ0v) is 18.5. The molecule has 0 aliphatic carbocycles. The Kier molecular flexibility index (Phi) is 8.06. The molecule has 1 heterocycles. The van der Waals surface area contributed by atoms with Crippen molar-refractivity contribution in [3.63, 3.8) is 0 Å². The van der Waals surface area contributed by atoms with Crippen molar-refractivity contribution in [2.24, 2.45) is 11.7 Å². The lowest BCUT2D eigenvalue weighted by molar-refractivity contribution is -0.135. The number of nitrogens with zero attached hydrogens (tertiary/aromatic N) is 2. The highest BCUT2D eigenvalue weighted by molar-refractivity contribution is 5.83. The molecule has 6 heteroatoms. The van der Waals surface area contributed by atoms with Crippen LogP contribution in [0.25, 0.3) is 11.1 Å². The largest absolute Gasteiger partial charge is 0.496 e. The van der Waals surface area contributed by atoms with E-state index in [0.717, 1.165) is 28.9 Å². The molecule has 1 aliphatic rings. The van der Waals surface area contributed by atoms with E-state index in [0.29, 0.717) is 45.6 Å². The summed E-state index contributed by atoms with van der Waals surface area (Å²) < 4.78 is 5.57. The van der Waals surface area contributed by atoms with Crippen LogP contribution < -0.4 is 10.5 Å². The first-order valence-corrected chi connectivity index (χ1v) is 11.1. The van der Waals surface area contributed by atoms with E-state index in [1.54, 1.807) is 7.11 Å². The summed E-state index contributed by atoms with van der Waals surface area (Å²) in [5.41, 5.74) is 8.75. The van der Waals surface area contributed by atoms with Gasteiger partial charge in [0, 0.05) is 44.7 Å². The van der Waals surface area contributed by atoms with Gasteiger partial charge in [0.2, 0.25) is 11.8 Å². The molecule has 31 heavy (non-hydrogen) atoms. The van der Waals surface area contributed by atoms with Crippen molar-refractivity contribution in [2.45, 2.75) is 26.2 Å². The molecule has 1 saturated heterocycles. The first-order chi connectivity index (χ1) is 15.1. The number of hydrogen-bond donors (Lipinski definition) is 1. The fourth-order valence-electron chi connectivity index (χ4n) is 4.29. The van der Waals surface area contributed by atoms with Gasteiger partial charge < -0.3 is 20.3 Å². The third kappa shape index (κ3) is 5.44. The van der Waals surface area contributed by atoms with Crippen molar-refractivity contribution in [2.75, 3.05) is 39.8 Å². The van der Waals surface area contributed by atoms with Gasteiger partial charge in [-0.2, -0.15) is 0 Å². The predicted molar refractivity (Wildman–Crippen MR) is 123 cm³/mol. The average Bonchev–Trinajstić information content (AvgIpc) is 2.94. The van der Waals surface area contributed by atoms with Gasteiger partial charge in [-0.15, -0.1) is 0 Å². The van der Waals surface area contributed by atoms with E-state index >= 15 is 0 Å². The van der Waals surface area contributed by atoms with Crippen LogP contribution in [0.5, 0.6) is 5.75 Å². The number of ether oxygens (including phenoxy) is 1. The molecule has 6 nitrogen and oxygen atoms in total. The van der Waals surface area contributed by atoms with Crippen molar-refractivity contribution in [3.05, 3.63) is 54.1 Å². The quantitative estimate of drug-likeness (QED) is 0.708. The maximum absolute atomic E-state index is 13.4. The Bertz CT molecular complexity index is 899. The maximum Gasteiger partial charge on any atom is 0.227 e. The van der Waals surface area contributed by atoms with Gasteiger partial charge >= 0.3 is 0 Å². The number of para-hydroxylation sites is 1. The summed E-state index contributed by atoms with van der Waals surface area (Å²) >= 11 is 0. The SMILES string of the molecule is CCCN1CCN(C(=O)CCN)C[C@H](Cc2ccccc2-c2ccccc2OC)C1=O. The molecule has 0 aromatic heterocycles. The molecule has 0 bridgehead atoms. The third-order valence-electron chi connectivity index (χ3n) is 5.83. The summed E-state index contributed by atoms with van der Waals surface area (Å²) in [6, 6.07) is 16.0. The maximum atomic E-state index is 13.4. The van der Waals surface area contributed by atoms with Gasteiger partial charge in [-0.05, 0) is 30.0 Å². The minimum atomic E-state index is -0.286. The first-order valence-electron chi connectivity index (χ1n) is 11.1. The Hall–Kier alpha value is -2.86. The van der Waals surface area contributed by atoms with Crippen LogP contribution >= 0.6 is 0 Å². The molecule has 0 spiro atoms. The number of benzene rings is 2. The van der Waals surface area contributed by atoms with E-state index in [1.165, 1.54) is 0 Å². The molecule has 2 aromatic carbocycles. The summed E-state index contributed by atoms with van der Waals surface area (Å²) in [5.74, 6) is 0.664. The monoisotopic (exact) mass is 423 g/mol. The normalized spacial score (nSPS) is 16.9. The molecule has 0 saturated carbocycles. The molecule has 1 fully saturated rings. The molecule has 2 aromatic rings. The van der Waals surface area contributed by atoms with Gasteiger partial charge in [0.25, 0.3) is 0 Å². The lowest BCUT2D eigenvalue weighted by Gasteiger charge is -2.25. The second kappa shape index (κ2) is 11.0. The van der Waals surface area contributed by atoms with Crippen LogP contribution in [0.1, 0.15) is 25.3 Å². The lowest BCUT2D eigenvalue weighted by Crippen LogP contribution is -2.38. The predicted octanol–water partition coefficient (Wildman–Crippen LogP) is 2.95. The first kappa shape index (κ1) is 22.8. The number of rotatable bonds is 8. The summed E-state index contributed by atoms with van der Waals surface area (Å²) in [4.78, 5) is 29.7. The number of amides is 2. The minimum Gasteiger partial charge on any atom is -0.496 e. The lowest BCUT2D eigenvalue weighted by atomic mass is 9.91. The molecule has 0 unspecified atom stereocenters. The molecule has 1 atom stereocenters. The van der Waals surface area contributed by atoms with Gasteiger partial charge in [-0.1, -0.05) is 49.4 Å². The Morgan fingerprint density at radius 2 is 1.81 bits per heavy atom. The Balaban J connectivity index is 1.93. The second-order valence-corrected chi connectivity index (χ2v) is 7.96. The van der Waals surface area contributed by atoms with Crippen LogP contribution in [0.3, 0.4) is 0 Å². The van der Waals surface area contributed by atoms with Gasteiger partial charge in [0.05, 0.1) is 13.0 Å². The van der Waals surface area contributed by atoms with Gasteiger partial charge in [-0.25, -0.2) is 0 Å². The summed E-state index contributed by atoms with van der Waals surface area (Å²) in [6.45, 7) is 4.67. The van der Waals surface area contributed by atoms with Crippen molar-refractivity contribution in [1.29, 1.82) is 0 Å². The third-order valence-corrected chi connectivity index (χ3v) is 5.83. The van der Waals surface area contributed by atoms with Crippen LogP contribution in [0, 0.1) is 5.92 Å². The molecule has 2 amide bonds. The number of nitrogens with two attached hydrogens (primary N) is 1. The van der Waals surface area contributed by atoms with E-state index in [2.05, 4.69) is 19.1 Å². The van der Waals surface area contributed by atoms with Crippen LogP contribution in [-0.2, 0) is 16.0 Å². The van der Waals surface area contributed by atoms with Crippen LogP contribution in [0.4, 0.5) is 0 Å². The number of carbonyl (C=O) groups is 2. The molecule has 0 radical (unpaired) electrons. The summed E-state index contributed by atoms with van der Waals surface area (Å²) in [5, 5.41) is 0. The number of methoxy groups -OCH3 is 1. The minimum absolute atomic E-state index is 0.0247. The van der Waals surface area contributed by atoms with E-state index in [1.807, 2.05) is 46.2 Å². The molecule has 3 rings (SSSR count). The fourth-order valence-corrected chi connectivity index (χ4v) is 4.29. The molecule has 2 N–H and O–H groups in total. The van der Waals surface area contributed by atoms with Crippen LogP contribution in [-0.4, -0.2) is 61.4 Å². The fraction of sp³-hybridized carbons (Fsp3) is 0.440. The number of carbonyl (C=O) groups excluding carboxylic acids is 2. The van der Waals surface area contributed by atoms with Crippen molar-refractivity contribution in [1.82, 2.24) is 9.80 Å². The van der Waals surface area contributed by atoms with Crippen LogP contribution in [0.15, 0.2) is 48.5 Å². The Morgan fingerprint density at radius 1 is 1.10 bits per heavy atom. The highest BCUT2D eigenvalue weighted by atomic mass is 16.5. The highest BCUT2D eigenvalue weighted by Crippen LogP contribution is 2.33. The summed E-state index contributed by atoms with van der Waals surface area (Å²) in [6.07, 6.45) is 1.78. The Morgan fingerprint density at radius 3 is 2.52 bits per heavy atom. The smallest absolute Gasteiger partial charge is 0.227 e. The van der Waals surface area contributed by atoms with E-state index in [-0.39, 0.29) is 17.7 Å². The topological polar surface area (TPSA) is 75.9 Å². The van der Waals surface area contributed by atoms with Crippen molar-refractivity contribution >= 4 is 11.8 Å². The van der Waals surface area contributed by atoms with Gasteiger partial charge in [0.1, 0.15) is 5.75 Å². The zero-order chi connectivity index (χ0) is 22.2. The standard InChI is InChI=1S/C25H33N3O3/c1-3-14-27-15-16-28(24(29)12-13-26)18-20(25(27)30)17-19-8-4-5-9-21(19)22-10-6-7-11-23(22)31-2/h4-11,20H,3,12-18,26H2,1-2H3/t20-/m0/s1.